The Balaban J connectivity index is 0.000000845. The largest absolute Gasteiger partial charge is 0.348 e. The maximum absolute atomic E-state index is 11.3. The van der Waals surface area contributed by atoms with Crippen molar-refractivity contribution in [2.75, 3.05) is 0 Å². The van der Waals surface area contributed by atoms with E-state index in [0.29, 0.717) is 11.7 Å². The minimum Gasteiger partial charge on any atom is -0.348 e. The summed E-state index contributed by atoms with van der Waals surface area (Å²) < 4.78 is 0. The van der Waals surface area contributed by atoms with Crippen LogP contribution in [0.15, 0.2) is 18.6 Å². The normalized spacial score (nSPS) is 13.4. The summed E-state index contributed by atoms with van der Waals surface area (Å²) in [4.78, 5) is 19.0. The zero-order chi connectivity index (χ0) is 8.39. The highest BCUT2D eigenvalue weighted by Gasteiger charge is 2.24. The van der Waals surface area contributed by atoms with Crippen LogP contribution in [0.5, 0.6) is 0 Å². The molecule has 0 saturated heterocycles. The van der Waals surface area contributed by atoms with E-state index in [-0.39, 0.29) is 30.7 Å². The Hall–Kier alpha value is -0.870. The summed E-state index contributed by atoms with van der Waals surface area (Å²) in [5, 5.41) is 2.83. The number of hydrogen-bond acceptors (Lipinski definition) is 3. The first-order valence-corrected chi connectivity index (χ1v) is 3.93. The Labute approximate surface area is 94.3 Å². The second-order valence-corrected chi connectivity index (χ2v) is 2.84. The number of nitrogens with zero attached hydrogens (tertiary/aromatic N) is 2. The van der Waals surface area contributed by atoms with Crippen molar-refractivity contribution < 1.29 is 4.79 Å². The summed E-state index contributed by atoms with van der Waals surface area (Å²) in [6.07, 6.45) is 6.71. The lowest BCUT2D eigenvalue weighted by Gasteiger charge is -1.99. The third-order valence-corrected chi connectivity index (χ3v) is 1.71. The smallest absolute Gasteiger partial charge is 0.271 e. The van der Waals surface area contributed by atoms with Gasteiger partial charge in [0, 0.05) is 18.4 Å². The molecule has 0 spiro atoms. The third-order valence-electron chi connectivity index (χ3n) is 1.71. The summed E-state index contributed by atoms with van der Waals surface area (Å²) in [6, 6.07) is 0.375. The van der Waals surface area contributed by atoms with Crippen LogP contribution in [0, 0.1) is 0 Å². The van der Waals surface area contributed by atoms with Gasteiger partial charge in [-0.05, 0) is 12.8 Å². The Kier molecular flexibility index (Phi) is 5.42. The third kappa shape index (κ3) is 3.47. The van der Waals surface area contributed by atoms with Crippen molar-refractivity contribution in [3.8, 4) is 0 Å². The second kappa shape index (κ2) is 5.78. The summed E-state index contributed by atoms with van der Waals surface area (Å²) in [7, 11) is 0. The zero-order valence-corrected chi connectivity index (χ0v) is 8.98. The van der Waals surface area contributed by atoms with Gasteiger partial charge < -0.3 is 5.32 Å². The van der Waals surface area contributed by atoms with Gasteiger partial charge in [0.1, 0.15) is 5.69 Å². The molecule has 1 aliphatic carbocycles. The second-order valence-electron chi connectivity index (χ2n) is 2.84. The molecule has 0 unspecified atom stereocenters. The van der Waals surface area contributed by atoms with E-state index in [2.05, 4.69) is 15.3 Å². The number of nitrogens with one attached hydrogen (secondary N) is 1. The number of amides is 1. The minimum atomic E-state index is -0.120. The topological polar surface area (TPSA) is 54.9 Å². The van der Waals surface area contributed by atoms with Gasteiger partial charge in [-0.25, -0.2) is 4.98 Å². The van der Waals surface area contributed by atoms with Gasteiger partial charge in [0.2, 0.25) is 0 Å². The van der Waals surface area contributed by atoms with Crippen molar-refractivity contribution in [2.24, 2.45) is 0 Å². The summed E-state index contributed by atoms with van der Waals surface area (Å²) in [5.74, 6) is -0.120. The SMILES string of the molecule is Cl.Cl.O=C(NC1CC1)c1cnccn1. The molecule has 78 valence electrons. The first kappa shape index (κ1) is 13.1. The van der Waals surface area contributed by atoms with Crippen LogP contribution in [0.3, 0.4) is 0 Å². The Morgan fingerprint density at radius 3 is 2.57 bits per heavy atom. The van der Waals surface area contributed by atoms with E-state index in [1.165, 1.54) is 12.4 Å². The number of carbonyl (C=O) groups excluding carboxylic acids is 1. The van der Waals surface area contributed by atoms with Gasteiger partial charge in [-0.2, -0.15) is 0 Å². The fourth-order valence-corrected chi connectivity index (χ4v) is 0.903. The van der Waals surface area contributed by atoms with E-state index in [1.54, 1.807) is 6.20 Å². The van der Waals surface area contributed by atoms with Crippen molar-refractivity contribution in [2.45, 2.75) is 18.9 Å². The van der Waals surface area contributed by atoms with Gasteiger partial charge in [-0.3, -0.25) is 9.78 Å². The van der Waals surface area contributed by atoms with Crippen LogP contribution in [-0.2, 0) is 0 Å². The lowest BCUT2D eigenvalue weighted by molar-refractivity contribution is 0.0945. The number of aromatic nitrogens is 2. The number of carbonyl (C=O) groups is 1. The van der Waals surface area contributed by atoms with Gasteiger partial charge in [0.05, 0.1) is 6.20 Å². The molecular weight excluding hydrogens is 225 g/mol. The van der Waals surface area contributed by atoms with Crippen LogP contribution < -0.4 is 5.32 Å². The maximum atomic E-state index is 11.3. The quantitative estimate of drug-likeness (QED) is 0.839. The Bertz CT molecular complexity index is 290. The number of halogens is 2. The van der Waals surface area contributed by atoms with Crippen molar-refractivity contribution in [1.82, 2.24) is 15.3 Å². The fourth-order valence-electron chi connectivity index (χ4n) is 0.903. The van der Waals surface area contributed by atoms with E-state index >= 15 is 0 Å². The summed E-state index contributed by atoms with van der Waals surface area (Å²) >= 11 is 0. The highest BCUT2D eigenvalue weighted by atomic mass is 35.5. The van der Waals surface area contributed by atoms with E-state index in [9.17, 15) is 4.79 Å². The molecule has 6 heteroatoms. The van der Waals surface area contributed by atoms with Crippen molar-refractivity contribution in [3.63, 3.8) is 0 Å². The molecule has 2 rings (SSSR count). The van der Waals surface area contributed by atoms with Crippen LogP contribution in [-0.4, -0.2) is 21.9 Å². The number of hydrogen-bond donors (Lipinski definition) is 1. The maximum Gasteiger partial charge on any atom is 0.271 e. The van der Waals surface area contributed by atoms with Crippen LogP contribution in [0.4, 0.5) is 0 Å². The lowest BCUT2D eigenvalue weighted by Crippen LogP contribution is -2.26. The van der Waals surface area contributed by atoms with E-state index in [0.717, 1.165) is 12.8 Å². The molecule has 1 aliphatic rings. The molecule has 0 atom stereocenters. The molecule has 0 bridgehead atoms. The fraction of sp³-hybridized carbons (Fsp3) is 0.375. The van der Waals surface area contributed by atoms with Crippen LogP contribution in [0.1, 0.15) is 23.3 Å². The molecule has 14 heavy (non-hydrogen) atoms. The predicted molar refractivity (Wildman–Crippen MR) is 57.0 cm³/mol. The number of rotatable bonds is 2. The zero-order valence-electron chi connectivity index (χ0n) is 7.34. The van der Waals surface area contributed by atoms with Gasteiger partial charge >= 0.3 is 0 Å². The van der Waals surface area contributed by atoms with E-state index in [4.69, 9.17) is 0 Å². The monoisotopic (exact) mass is 235 g/mol. The molecule has 1 fully saturated rings. The average molecular weight is 236 g/mol. The first-order valence-electron chi connectivity index (χ1n) is 3.93. The predicted octanol–water partition coefficient (Wildman–Crippen LogP) is 1.21. The van der Waals surface area contributed by atoms with Gasteiger partial charge in [-0.15, -0.1) is 24.8 Å². The lowest BCUT2D eigenvalue weighted by atomic mass is 10.4. The van der Waals surface area contributed by atoms with Crippen LogP contribution >= 0.6 is 24.8 Å². The van der Waals surface area contributed by atoms with E-state index in [1.807, 2.05) is 0 Å². The van der Waals surface area contributed by atoms with Crippen LogP contribution in [0.25, 0.3) is 0 Å². The molecular formula is C8H11Cl2N3O. The standard InChI is InChI=1S/C8H9N3O.2ClH/c12-8(11-6-1-2-6)7-5-9-3-4-10-7;;/h3-6H,1-2H2,(H,11,12);2*1H. The molecule has 1 aromatic rings. The molecule has 1 aromatic heterocycles. The van der Waals surface area contributed by atoms with E-state index < -0.39 is 0 Å². The molecule has 4 nitrogen and oxygen atoms in total. The molecule has 1 N–H and O–H groups in total. The minimum absolute atomic E-state index is 0. The van der Waals surface area contributed by atoms with Gasteiger partial charge in [-0.1, -0.05) is 0 Å². The van der Waals surface area contributed by atoms with Crippen LogP contribution in [0.2, 0.25) is 0 Å². The Morgan fingerprint density at radius 1 is 1.36 bits per heavy atom. The molecule has 0 aliphatic heterocycles. The average Bonchev–Trinajstić information content (AvgIpc) is 2.90. The summed E-state index contributed by atoms with van der Waals surface area (Å²) in [6.45, 7) is 0. The highest BCUT2D eigenvalue weighted by molar-refractivity contribution is 5.92. The molecule has 0 radical (unpaired) electrons. The molecule has 1 heterocycles. The first-order chi connectivity index (χ1) is 5.86. The van der Waals surface area contributed by atoms with Crippen molar-refractivity contribution in [3.05, 3.63) is 24.3 Å². The van der Waals surface area contributed by atoms with Crippen molar-refractivity contribution >= 4 is 30.7 Å². The van der Waals surface area contributed by atoms with Gasteiger partial charge in [0.25, 0.3) is 5.91 Å². The summed E-state index contributed by atoms with van der Waals surface area (Å²) in [5.41, 5.74) is 0.393. The molecule has 1 saturated carbocycles. The highest BCUT2D eigenvalue weighted by Crippen LogP contribution is 2.18. The molecule has 1 amide bonds. The van der Waals surface area contributed by atoms with Crippen molar-refractivity contribution in [1.29, 1.82) is 0 Å². The van der Waals surface area contributed by atoms with Gasteiger partial charge in [0.15, 0.2) is 0 Å². The molecule has 0 aromatic carbocycles. The Morgan fingerprint density at radius 2 is 2.07 bits per heavy atom.